The number of methoxy groups -OCH3 is 1. The number of carbonyl (C=O) groups excluding carboxylic acids is 1. The van der Waals surface area contributed by atoms with E-state index in [-0.39, 0.29) is 5.92 Å². The third-order valence-corrected chi connectivity index (χ3v) is 4.57. The lowest BCUT2D eigenvalue weighted by Crippen LogP contribution is -2.25. The third kappa shape index (κ3) is 2.72. The summed E-state index contributed by atoms with van der Waals surface area (Å²) in [5.74, 6) is 1.25. The second-order valence-corrected chi connectivity index (χ2v) is 6.34. The molecule has 1 heterocycles. The van der Waals surface area contributed by atoms with Crippen LogP contribution in [0.1, 0.15) is 75.1 Å². The first-order valence-corrected chi connectivity index (χ1v) is 7.49. The van der Waals surface area contributed by atoms with Gasteiger partial charge < -0.3 is 4.74 Å². The van der Waals surface area contributed by atoms with Crippen LogP contribution >= 0.6 is 0 Å². The Bertz CT molecular complexity index is 481. The van der Waals surface area contributed by atoms with Gasteiger partial charge in [0.25, 0.3) is 0 Å². The van der Waals surface area contributed by atoms with Gasteiger partial charge in [0.15, 0.2) is 5.69 Å². The molecule has 0 amide bonds. The van der Waals surface area contributed by atoms with Crippen molar-refractivity contribution in [3.8, 4) is 0 Å². The number of hydrogen-bond donors (Lipinski definition) is 0. The Kier molecular flexibility index (Phi) is 4.45. The maximum Gasteiger partial charge on any atom is 0.360 e. The first-order chi connectivity index (χ1) is 9.45. The molecule has 1 saturated carbocycles. The standard InChI is InChI=1S/C15H25N3O2/c1-9(2)14-13(15(19)20-5)16-17-18(14)12-7-6-10(3)11(4)8-12/h9-12H,6-8H2,1-5H3. The summed E-state index contributed by atoms with van der Waals surface area (Å²) in [7, 11) is 1.38. The van der Waals surface area contributed by atoms with Crippen LogP contribution in [0.5, 0.6) is 0 Å². The predicted molar refractivity (Wildman–Crippen MR) is 76.7 cm³/mol. The first kappa shape index (κ1) is 15.0. The van der Waals surface area contributed by atoms with Gasteiger partial charge in [-0.15, -0.1) is 5.10 Å². The molecule has 5 heteroatoms. The SMILES string of the molecule is COC(=O)c1nnn(C2CCC(C)C(C)C2)c1C(C)C. The van der Waals surface area contributed by atoms with Crippen LogP contribution in [0.2, 0.25) is 0 Å². The van der Waals surface area contributed by atoms with Crippen LogP contribution in [0, 0.1) is 11.8 Å². The molecule has 0 spiro atoms. The minimum Gasteiger partial charge on any atom is -0.464 e. The van der Waals surface area contributed by atoms with Crippen LogP contribution in [0.3, 0.4) is 0 Å². The van der Waals surface area contributed by atoms with E-state index in [4.69, 9.17) is 4.74 Å². The number of ether oxygens (including phenoxy) is 1. The van der Waals surface area contributed by atoms with E-state index in [1.807, 2.05) is 4.68 Å². The lowest BCUT2D eigenvalue weighted by Gasteiger charge is -2.33. The monoisotopic (exact) mass is 279 g/mol. The average molecular weight is 279 g/mol. The van der Waals surface area contributed by atoms with Crippen LogP contribution in [-0.4, -0.2) is 28.1 Å². The quantitative estimate of drug-likeness (QED) is 0.797. The molecule has 3 atom stereocenters. The number of nitrogens with zero attached hydrogens (tertiary/aromatic N) is 3. The molecule has 0 bridgehead atoms. The fourth-order valence-corrected chi connectivity index (χ4v) is 3.09. The molecular formula is C15H25N3O2. The molecule has 0 aliphatic heterocycles. The summed E-state index contributed by atoms with van der Waals surface area (Å²) in [6, 6.07) is 0.351. The Morgan fingerprint density at radius 2 is 2.00 bits per heavy atom. The van der Waals surface area contributed by atoms with Gasteiger partial charge in [0.2, 0.25) is 0 Å². The minimum atomic E-state index is -0.392. The van der Waals surface area contributed by atoms with Crippen molar-refractivity contribution >= 4 is 5.97 Å². The molecule has 1 aromatic rings. The van der Waals surface area contributed by atoms with Gasteiger partial charge in [-0.25, -0.2) is 9.48 Å². The van der Waals surface area contributed by atoms with Crippen LogP contribution in [-0.2, 0) is 4.74 Å². The van der Waals surface area contributed by atoms with Crippen molar-refractivity contribution in [1.29, 1.82) is 0 Å². The maximum atomic E-state index is 11.8. The van der Waals surface area contributed by atoms with Gasteiger partial charge in [0.05, 0.1) is 18.8 Å². The van der Waals surface area contributed by atoms with Gasteiger partial charge in [-0.1, -0.05) is 32.9 Å². The van der Waals surface area contributed by atoms with Gasteiger partial charge in [0.1, 0.15) is 0 Å². The molecule has 20 heavy (non-hydrogen) atoms. The second kappa shape index (κ2) is 5.94. The van der Waals surface area contributed by atoms with Gasteiger partial charge in [-0.2, -0.15) is 0 Å². The molecule has 112 valence electrons. The number of esters is 1. The predicted octanol–water partition coefficient (Wildman–Crippen LogP) is 3.19. The van der Waals surface area contributed by atoms with Crippen molar-refractivity contribution in [2.45, 2.75) is 58.9 Å². The van der Waals surface area contributed by atoms with Crippen molar-refractivity contribution in [3.05, 3.63) is 11.4 Å². The summed E-state index contributed by atoms with van der Waals surface area (Å²) in [5.41, 5.74) is 1.28. The zero-order chi connectivity index (χ0) is 14.9. The van der Waals surface area contributed by atoms with Gasteiger partial charge in [-0.05, 0) is 37.0 Å². The maximum absolute atomic E-state index is 11.8. The summed E-state index contributed by atoms with van der Waals surface area (Å²) >= 11 is 0. The fraction of sp³-hybridized carbons (Fsp3) is 0.800. The molecule has 1 aliphatic rings. The Labute approximate surface area is 120 Å². The second-order valence-electron chi connectivity index (χ2n) is 6.34. The molecule has 5 nitrogen and oxygen atoms in total. The lowest BCUT2D eigenvalue weighted by atomic mass is 9.79. The summed E-state index contributed by atoms with van der Waals surface area (Å²) in [4.78, 5) is 11.8. The molecule has 1 aliphatic carbocycles. The normalized spacial score (nSPS) is 26.8. The highest BCUT2D eigenvalue weighted by Crippen LogP contribution is 2.37. The highest BCUT2D eigenvalue weighted by atomic mass is 16.5. The van der Waals surface area contributed by atoms with Gasteiger partial charge >= 0.3 is 5.97 Å². The Morgan fingerprint density at radius 3 is 2.55 bits per heavy atom. The minimum absolute atomic E-state index is 0.203. The van der Waals surface area contributed by atoms with Crippen LogP contribution < -0.4 is 0 Å². The smallest absolute Gasteiger partial charge is 0.360 e. The summed E-state index contributed by atoms with van der Waals surface area (Å²) < 4.78 is 6.78. The van der Waals surface area contributed by atoms with Crippen molar-refractivity contribution in [1.82, 2.24) is 15.0 Å². The van der Waals surface area contributed by atoms with E-state index in [1.54, 1.807) is 0 Å². The number of aromatic nitrogens is 3. The molecule has 0 radical (unpaired) electrons. The van der Waals surface area contributed by atoms with Gasteiger partial charge in [0, 0.05) is 0 Å². The number of carbonyl (C=O) groups is 1. The van der Waals surface area contributed by atoms with Crippen molar-refractivity contribution in [2.75, 3.05) is 7.11 Å². The topological polar surface area (TPSA) is 57.0 Å². The molecular weight excluding hydrogens is 254 g/mol. The highest BCUT2D eigenvalue weighted by molar-refractivity contribution is 5.88. The lowest BCUT2D eigenvalue weighted by molar-refractivity contribution is 0.0592. The molecule has 2 rings (SSSR count). The van der Waals surface area contributed by atoms with Crippen LogP contribution in [0.15, 0.2) is 0 Å². The fourth-order valence-electron chi connectivity index (χ4n) is 3.09. The number of hydrogen-bond acceptors (Lipinski definition) is 4. The molecule has 0 aromatic carbocycles. The summed E-state index contributed by atoms with van der Waals surface area (Å²) in [6.45, 7) is 8.74. The Hall–Kier alpha value is -1.39. The van der Waals surface area contributed by atoms with E-state index >= 15 is 0 Å². The molecule has 0 N–H and O–H groups in total. The first-order valence-electron chi connectivity index (χ1n) is 7.49. The molecule has 1 aromatic heterocycles. The van der Waals surface area contributed by atoms with Crippen LogP contribution in [0.25, 0.3) is 0 Å². The average Bonchev–Trinajstić information content (AvgIpc) is 2.86. The van der Waals surface area contributed by atoms with E-state index in [0.29, 0.717) is 17.7 Å². The van der Waals surface area contributed by atoms with E-state index < -0.39 is 5.97 Å². The zero-order valence-corrected chi connectivity index (χ0v) is 13.1. The van der Waals surface area contributed by atoms with E-state index in [2.05, 4.69) is 38.0 Å². The van der Waals surface area contributed by atoms with E-state index in [9.17, 15) is 4.79 Å². The molecule has 0 saturated heterocycles. The molecule has 1 fully saturated rings. The Morgan fingerprint density at radius 1 is 1.30 bits per heavy atom. The highest BCUT2D eigenvalue weighted by Gasteiger charge is 2.31. The van der Waals surface area contributed by atoms with Crippen molar-refractivity contribution in [3.63, 3.8) is 0 Å². The Balaban J connectivity index is 2.32. The largest absolute Gasteiger partial charge is 0.464 e. The van der Waals surface area contributed by atoms with Gasteiger partial charge in [-0.3, -0.25) is 0 Å². The zero-order valence-electron chi connectivity index (χ0n) is 13.1. The van der Waals surface area contributed by atoms with E-state index in [0.717, 1.165) is 24.5 Å². The molecule has 3 unspecified atom stereocenters. The number of rotatable bonds is 3. The van der Waals surface area contributed by atoms with Crippen molar-refractivity contribution < 1.29 is 9.53 Å². The summed E-state index contributed by atoms with van der Waals surface area (Å²) in [6.07, 6.45) is 3.41. The summed E-state index contributed by atoms with van der Waals surface area (Å²) in [5, 5.41) is 8.32. The van der Waals surface area contributed by atoms with Crippen LogP contribution in [0.4, 0.5) is 0 Å². The van der Waals surface area contributed by atoms with Crippen molar-refractivity contribution in [2.24, 2.45) is 11.8 Å². The van der Waals surface area contributed by atoms with E-state index in [1.165, 1.54) is 13.5 Å². The third-order valence-electron chi connectivity index (χ3n) is 4.57.